The first-order chi connectivity index (χ1) is 10.1. The number of nitrogens with one attached hydrogen (secondary N) is 2. The van der Waals surface area contributed by atoms with Crippen molar-refractivity contribution >= 4 is 48.9 Å². The summed E-state index contributed by atoms with van der Waals surface area (Å²) in [4.78, 5) is 12.0. The molecule has 23 heavy (non-hydrogen) atoms. The van der Waals surface area contributed by atoms with Gasteiger partial charge in [-0.3, -0.25) is 0 Å². The van der Waals surface area contributed by atoms with E-state index in [4.69, 9.17) is 9.84 Å². The van der Waals surface area contributed by atoms with E-state index in [1.807, 2.05) is 0 Å². The Morgan fingerprint density at radius 2 is 1.65 bits per heavy atom. The Morgan fingerprint density at radius 1 is 1.26 bits per heavy atom. The molecule has 2 heterocycles. The molecule has 2 aliphatic rings. The monoisotopic (exact) mass is 576 g/mol. The van der Waals surface area contributed by atoms with Crippen LogP contribution in [0.15, 0.2) is 0 Å². The van der Waals surface area contributed by atoms with Gasteiger partial charge in [0.15, 0.2) is 0 Å². The molecule has 0 spiro atoms. The van der Waals surface area contributed by atoms with Crippen LogP contribution in [0.4, 0.5) is 26.3 Å². The molecule has 2 aliphatic heterocycles. The van der Waals surface area contributed by atoms with E-state index < -0.39 is 63.9 Å². The van der Waals surface area contributed by atoms with Gasteiger partial charge in [0.25, 0.3) is 0 Å². The van der Waals surface area contributed by atoms with Crippen molar-refractivity contribution in [2.45, 2.75) is 51.4 Å². The first kappa shape index (κ1) is 19.7. The van der Waals surface area contributed by atoms with Crippen molar-refractivity contribution in [3.8, 4) is 0 Å². The average Bonchev–Trinajstić information content (AvgIpc) is 3.12. The van der Waals surface area contributed by atoms with Crippen molar-refractivity contribution in [2.24, 2.45) is 0 Å². The number of fused-ring (bicyclic) bond motifs is 1. The zero-order chi connectivity index (χ0) is 18.1. The molecule has 2 fully saturated rings. The van der Waals surface area contributed by atoms with E-state index in [9.17, 15) is 31.1 Å². The molecule has 2 unspecified atom stereocenters. The molecule has 3 N–H and O–H groups in total. The van der Waals surface area contributed by atoms with Crippen LogP contribution < -0.4 is 7.06 Å². The number of carbonyl (C=O) groups excluding carboxylic acids is 1. The quantitative estimate of drug-likeness (QED) is 0.0892. The van der Waals surface area contributed by atoms with Crippen LogP contribution in [-0.2, 0) is 9.53 Å². The number of hydrogen-bond acceptors (Lipinski definition) is 5. The fourth-order valence-corrected chi connectivity index (χ4v) is 9.62. The second-order valence-corrected chi connectivity index (χ2v) is 11.9. The van der Waals surface area contributed by atoms with Crippen molar-refractivity contribution in [3.05, 3.63) is 0 Å². The summed E-state index contributed by atoms with van der Waals surface area (Å²) in [6.07, 6.45) is -15.5. The summed E-state index contributed by atoms with van der Waals surface area (Å²) in [5, 5.41) is 9.09. The predicted octanol–water partition coefficient (Wildman–Crippen LogP) is 2.55. The summed E-state index contributed by atoms with van der Waals surface area (Å²) in [5.41, 5.74) is -4.94. The van der Waals surface area contributed by atoms with Crippen molar-refractivity contribution in [2.75, 3.05) is 0 Å². The summed E-state index contributed by atoms with van der Waals surface area (Å²) in [7, 11) is 0. The Morgan fingerprint density at radius 3 is 1.96 bits per heavy atom. The normalized spacial score (nSPS) is 25.2. The van der Waals surface area contributed by atoms with E-state index in [1.165, 1.54) is 6.92 Å². The van der Waals surface area contributed by atoms with Crippen LogP contribution in [-0.4, -0.2) is 42.2 Å². The van der Waals surface area contributed by atoms with Gasteiger partial charge >= 0.3 is 148 Å². The zero-order valence-corrected chi connectivity index (χ0v) is 15.9. The number of carbonyl (C=O) groups is 1. The van der Waals surface area contributed by atoms with Gasteiger partial charge in [0.2, 0.25) is 0 Å². The number of ether oxygens (including phenoxy) is 1. The number of aliphatic hydroxyl groups is 1. The standard InChI is InChI=1S/C10H12F6I2N2O3/c1-4(3-7(22,8(11,12)13)9(14,15)16)23-5(21)6(2,17)10-18(19-10)20-10/h4,19-20,22H,3H2,1-2H3. The Bertz CT molecular complexity index is 504. The first-order valence-electron chi connectivity index (χ1n) is 6.10. The van der Waals surface area contributed by atoms with Gasteiger partial charge in [-0.2, -0.15) is 0 Å². The molecule has 0 aromatic carbocycles. The maximum atomic E-state index is 12.6. The van der Waals surface area contributed by atoms with Gasteiger partial charge in [-0.15, -0.1) is 0 Å². The van der Waals surface area contributed by atoms with E-state index in [1.54, 1.807) is 22.6 Å². The molecule has 0 aromatic heterocycles. The molecule has 5 nitrogen and oxygen atoms in total. The SMILES string of the molecule is CC(CC(O)(C(F)(F)F)C(F)(F)F)OC(=O)C(C)(I)C12NI1N2. The molecule has 13 heteroatoms. The summed E-state index contributed by atoms with van der Waals surface area (Å²) >= 11 is 0.185. The van der Waals surface area contributed by atoms with Crippen LogP contribution in [0, 0.1) is 0 Å². The van der Waals surface area contributed by atoms with Crippen LogP contribution in [0.3, 0.4) is 0 Å². The number of alkyl halides is 8. The summed E-state index contributed by atoms with van der Waals surface area (Å²) in [6, 6.07) is 0. The molecule has 0 aromatic rings. The number of halogens is 8. The molecule has 0 bridgehead atoms. The van der Waals surface area contributed by atoms with Gasteiger partial charge in [0, 0.05) is 0 Å². The van der Waals surface area contributed by atoms with Gasteiger partial charge in [-0.25, -0.2) is 0 Å². The van der Waals surface area contributed by atoms with Gasteiger partial charge < -0.3 is 0 Å². The van der Waals surface area contributed by atoms with Crippen LogP contribution in [0.25, 0.3) is 0 Å². The van der Waals surface area contributed by atoms with Gasteiger partial charge in [0.1, 0.15) is 0 Å². The van der Waals surface area contributed by atoms with Crippen LogP contribution in [0.5, 0.6) is 0 Å². The number of rotatable bonds is 5. The molecule has 0 aliphatic carbocycles. The Labute approximate surface area is 148 Å². The second kappa shape index (κ2) is 5.44. The van der Waals surface area contributed by atoms with Crippen molar-refractivity contribution < 1.29 is 41.0 Å². The second-order valence-electron chi connectivity index (χ2n) is 5.41. The van der Waals surface area contributed by atoms with Crippen molar-refractivity contribution in [1.82, 2.24) is 7.06 Å². The minimum atomic E-state index is -5.94. The summed E-state index contributed by atoms with van der Waals surface area (Å²) in [6.45, 7) is 2.36. The summed E-state index contributed by atoms with van der Waals surface area (Å²) < 4.78 is 84.7. The Hall–Kier alpha value is 0.390. The van der Waals surface area contributed by atoms with Gasteiger partial charge in [-0.1, -0.05) is 0 Å². The van der Waals surface area contributed by atoms with Crippen LogP contribution >= 0.6 is 43.0 Å². The van der Waals surface area contributed by atoms with E-state index in [2.05, 4.69) is 7.06 Å². The zero-order valence-electron chi connectivity index (χ0n) is 11.6. The molecule has 136 valence electrons. The molecule has 0 saturated carbocycles. The third-order valence-corrected chi connectivity index (χ3v) is 10.7. The molecule has 0 amide bonds. The van der Waals surface area contributed by atoms with E-state index in [0.717, 1.165) is 6.92 Å². The van der Waals surface area contributed by atoms with E-state index in [0.29, 0.717) is 0 Å². The number of hydrogen-bond donors (Lipinski definition) is 3. The van der Waals surface area contributed by atoms with Crippen LogP contribution in [0.2, 0.25) is 0 Å². The third kappa shape index (κ3) is 3.15. The van der Waals surface area contributed by atoms with Gasteiger partial charge in [-0.05, 0) is 0 Å². The molecule has 2 saturated heterocycles. The van der Waals surface area contributed by atoms with Crippen molar-refractivity contribution in [1.29, 1.82) is 0 Å². The first-order valence-corrected chi connectivity index (χ1v) is 10.4. The molecule has 2 atom stereocenters. The molecule has 2 rings (SSSR count). The van der Waals surface area contributed by atoms with Gasteiger partial charge in [0.05, 0.1) is 0 Å². The Balaban J connectivity index is 2.05. The number of esters is 1. The third-order valence-electron chi connectivity index (χ3n) is 3.52. The van der Waals surface area contributed by atoms with Crippen molar-refractivity contribution in [3.63, 3.8) is 0 Å². The maximum absolute atomic E-state index is 12.6. The topological polar surface area (TPSA) is 90.4 Å². The minimum absolute atomic E-state index is 0.571. The predicted molar refractivity (Wildman–Crippen MR) is 82.7 cm³/mol. The Kier molecular flexibility index (Phi) is 4.66. The van der Waals surface area contributed by atoms with E-state index in [-0.39, 0.29) is 0 Å². The molecular formula is C10H12F6I2N2O3. The van der Waals surface area contributed by atoms with E-state index >= 15 is 0 Å². The summed E-state index contributed by atoms with van der Waals surface area (Å²) in [5.74, 6) is -0.936. The van der Waals surface area contributed by atoms with Crippen LogP contribution in [0.1, 0.15) is 20.3 Å². The fraction of sp³-hybridized carbons (Fsp3) is 0.900. The fourth-order valence-electron chi connectivity index (χ4n) is 1.86. The average molecular weight is 576 g/mol. The molecular weight excluding hydrogens is 564 g/mol. The molecule has 0 radical (unpaired) electrons.